The maximum Gasteiger partial charge on any atom is 0.228 e. The summed E-state index contributed by atoms with van der Waals surface area (Å²) in [4.78, 5) is 16.6. The first-order chi connectivity index (χ1) is 10.5. The van der Waals surface area contributed by atoms with Crippen LogP contribution in [0.25, 0.3) is 5.65 Å². The number of carbonyl (C=O) groups excluding carboxylic acids is 1. The highest BCUT2D eigenvalue weighted by molar-refractivity contribution is 5.92. The Morgan fingerprint density at radius 1 is 1.18 bits per heavy atom. The molecule has 0 saturated carbocycles. The van der Waals surface area contributed by atoms with Crippen LogP contribution in [0.2, 0.25) is 0 Å². The van der Waals surface area contributed by atoms with Crippen LogP contribution in [0, 0.1) is 20.8 Å². The average molecular weight is 293 g/mol. The highest BCUT2D eigenvalue weighted by Gasteiger charge is 2.08. The van der Waals surface area contributed by atoms with Gasteiger partial charge >= 0.3 is 0 Å². The molecule has 112 valence electrons. The van der Waals surface area contributed by atoms with Gasteiger partial charge in [0.15, 0.2) is 0 Å². The molecule has 1 N–H and O–H groups in total. The fourth-order valence-corrected chi connectivity index (χ4v) is 2.57. The Morgan fingerprint density at radius 3 is 2.77 bits per heavy atom. The summed E-state index contributed by atoms with van der Waals surface area (Å²) >= 11 is 0. The van der Waals surface area contributed by atoms with Crippen LogP contribution in [-0.2, 0) is 11.2 Å². The number of anilines is 1. The average Bonchev–Trinajstić information content (AvgIpc) is 2.74. The second kappa shape index (κ2) is 5.64. The number of carbonyl (C=O) groups is 1. The van der Waals surface area contributed by atoms with E-state index in [0.29, 0.717) is 6.42 Å². The fraction of sp³-hybridized carbons (Fsp3) is 0.222. The summed E-state index contributed by atoms with van der Waals surface area (Å²) in [6.07, 6.45) is 2.29. The van der Waals surface area contributed by atoms with E-state index in [2.05, 4.69) is 10.3 Å². The predicted molar refractivity (Wildman–Crippen MR) is 88.2 cm³/mol. The summed E-state index contributed by atoms with van der Waals surface area (Å²) in [5.74, 6) is -0.0144. The van der Waals surface area contributed by atoms with E-state index in [1.807, 2.05) is 67.8 Å². The monoisotopic (exact) mass is 293 g/mol. The van der Waals surface area contributed by atoms with Gasteiger partial charge in [0.25, 0.3) is 0 Å². The number of rotatable bonds is 3. The Balaban J connectivity index is 1.77. The van der Waals surface area contributed by atoms with Crippen LogP contribution in [0.1, 0.15) is 22.5 Å². The summed E-state index contributed by atoms with van der Waals surface area (Å²) in [7, 11) is 0. The van der Waals surface area contributed by atoms with Crippen LogP contribution in [0.15, 0.2) is 42.6 Å². The molecule has 1 aromatic carbocycles. The lowest BCUT2D eigenvalue weighted by molar-refractivity contribution is -0.115. The molecule has 0 saturated heterocycles. The van der Waals surface area contributed by atoms with Crippen LogP contribution in [0.4, 0.5) is 5.69 Å². The molecule has 22 heavy (non-hydrogen) atoms. The number of aryl methyl sites for hydroxylation is 3. The van der Waals surface area contributed by atoms with Crippen molar-refractivity contribution < 1.29 is 4.79 Å². The molecule has 4 heteroatoms. The molecule has 2 aromatic heterocycles. The van der Waals surface area contributed by atoms with Gasteiger partial charge in [0.1, 0.15) is 5.65 Å². The number of imidazole rings is 1. The standard InChI is InChI=1S/C18H19N3O/c1-12-5-4-6-15(9-12)10-18(22)20-16-7-8-17-19-13(2)14(3)21(17)11-16/h4-9,11H,10H2,1-3H3,(H,20,22). The number of nitrogens with zero attached hydrogens (tertiary/aromatic N) is 2. The SMILES string of the molecule is Cc1cccc(CC(=O)Nc2ccc3nc(C)c(C)n3c2)c1. The van der Waals surface area contributed by atoms with Gasteiger partial charge in [0, 0.05) is 11.9 Å². The van der Waals surface area contributed by atoms with Gasteiger partial charge in [-0.25, -0.2) is 4.98 Å². The summed E-state index contributed by atoms with van der Waals surface area (Å²) in [5, 5.41) is 2.95. The maximum atomic E-state index is 12.2. The van der Waals surface area contributed by atoms with Crippen molar-refractivity contribution in [3.63, 3.8) is 0 Å². The van der Waals surface area contributed by atoms with Crippen LogP contribution in [0.5, 0.6) is 0 Å². The van der Waals surface area contributed by atoms with E-state index in [4.69, 9.17) is 0 Å². The van der Waals surface area contributed by atoms with Crippen LogP contribution >= 0.6 is 0 Å². The lowest BCUT2D eigenvalue weighted by Gasteiger charge is -2.07. The topological polar surface area (TPSA) is 46.4 Å². The van der Waals surface area contributed by atoms with E-state index < -0.39 is 0 Å². The molecule has 0 aliphatic heterocycles. The van der Waals surface area contributed by atoms with Gasteiger partial charge in [0.2, 0.25) is 5.91 Å². The van der Waals surface area contributed by atoms with E-state index in [1.165, 1.54) is 0 Å². The third kappa shape index (κ3) is 2.86. The molecular formula is C18H19N3O. The molecule has 0 radical (unpaired) electrons. The molecule has 3 rings (SSSR count). The van der Waals surface area contributed by atoms with Crippen molar-refractivity contribution in [3.05, 3.63) is 65.1 Å². The molecule has 3 aromatic rings. The van der Waals surface area contributed by atoms with Crippen molar-refractivity contribution in [1.29, 1.82) is 0 Å². The van der Waals surface area contributed by atoms with Gasteiger partial charge in [-0.05, 0) is 38.5 Å². The summed E-state index contributed by atoms with van der Waals surface area (Å²) in [6, 6.07) is 11.8. The zero-order valence-corrected chi connectivity index (χ0v) is 13.1. The normalized spacial score (nSPS) is 10.9. The molecular weight excluding hydrogens is 274 g/mol. The minimum Gasteiger partial charge on any atom is -0.324 e. The van der Waals surface area contributed by atoms with Crippen molar-refractivity contribution in [2.45, 2.75) is 27.2 Å². The molecule has 0 bridgehead atoms. The van der Waals surface area contributed by atoms with E-state index in [9.17, 15) is 4.79 Å². The number of hydrogen-bond acceptors (Lipinski definition) is 2. The molecule has 0 fully saturated rings. The lowest BCUT2D eigenvalue weighted by Crippen LogP contribution is -2.14. The molecule has 0 unspecified atom stereocenters. The Labute approximate surface area is 129 Å². The van der Waals surface area contributed by atoms with Crippen molar-refractivity contribution in [1.82, 2.24) is 9.38 Å². The van der Waals surface area contributed by atoms with E-state index in [-0.39, 0.29) is 5.91 Å². The van der Waals surface area contributed by atoms with E-state index in [1.54, 1.807) is 0 Å². The quantitative estimate of drug-likeness (QED) is 0.804. The number of aromatic nitrogens is 2. The van der Waals surface area contributed by atoms with Gasteiger partial charge in [0.05, 0.1) is 17.8 Å². The third-order valence-corrected chi connectivity index (χ3v) is 3.83. The van der Waals surface area contributed by atoms with Gasteiger partial charge in [-0.1, -0.05) is 29.8 Å². The second-order valence-electron chi connectivity index (χ2n) is 5.64. The lowest BCUT2D eigenvalue weighted by atomic mass is 10.1. The van der Waals surface area contributed by atoms with E-state index >= 15 is 0 Å². The van der Waals surface area contributed by atoms with Crippen molar-refractivity contribution in [3.8, 4) is 0 Å². The van der Waals surface area contributed by atoms with Crippen LogP contribution in [-0.4, -0.2) is 15.3 Å². The number of pyridine rings is 1. The minimum absolute atomic E-state index is 0.0144. The van der Waals surface area contributed by atoms with Gasteiger partial charge in [-0.15, -0.1) is 0 Å². The van der Waals surface area contributed by atoms with Crippen molar-refractivity contribution >= 4 is 17.2 Å². The number of nitrogens with one attached hydrogen (secondary N) is 1. The minimum atomic E-state index is -0.0144. The largest absolute Gasteiger partial charge is 0.324 e. The van der Waals surface area contributed by atoms with E-state index in [0.717, 1.165) is 33.8 Å². The molecule has 2 heterocycles. The van der Waals surface area contributed by atoms with Crippen molar-refractivity contribution in [2.24, 2.45) is 0 Å². The second-order valence-corrected chi connectivity index (χ2v) is 5.64. The highest BCUT2D eigenvalue weighted by atomic mass is 16.1. The van der Waals surface area contributed by atoms with Gasteiger partial charge < -0.3 is 9.72 Å². The number of hydrogen-bond donors (Lipinski definition) is 1. The van der Waals surface area contributed by atoms with Crippen LogP contribution < -0.4 is 5.32 Å². The summed E-state index contributed by atoms with van der Waals surface area (Å²) < 4.78 is 2.00. The number of benzene rings is 1. The predicted octanol–water partition coefficient (Wildman–Crippen LogP) is 3.44. The Bertz CT molecular complexity index is 849. The zero-order chi connectivity index (χ0) is 15.7. The summed E-state index contributed by atoms with van der Waals surface area (Å²) in [6.45, 7) is 6.03. The molecule has 0 atom stereocenters. The number of fused-ring (bicyclic) bond motifs is 1. The maximum absolute atomic E-state index is 12.2. The first-order valence-electron chi connectivity index (χ1n) is 7.33. The Hall–Kier alpha value is -2.62. The van der Waals surface area contributed by atoms with Gasteiger partial charge in [-0.3, -0.25) is 4.79 Å². The first-order valence-corrected chi connectivity index (χ1v) is 7.33. The molecule has 0 spiro atoms. The smallest absolute Gasteiger partial charge is 0.228 e. The third-order valence-electron chi connectivity index (χ3n) is 3.83. The zero-order valence-electron chi connectivity index (χ0n) is 13.1. The van der Waals surface area contributed by atoms with Crippen LogP contribution in [0.3, 0.4) is 0 Å². The fourth-order valence-electron chi connectivity index (χ4n) is 2.57. The Morgan fingerprint density at radius 2 is 2.00 bits per heavy atom. The summed E-state index contributed by atoms with van der Waals surface area (Å²) in [5.41, 5.74) is 5.95. The highest BCUT2D eigenvalue weighted by Crippen LogP contribution is 2.15. The van der Waals surface area contributed by atoms with Crippen molar-refractivity contribution in [2.75, 3.05) is 5.32 Å². The molecule has 1 amide bonds. The van der Waals surface area contributed by atoms with Gasteiger partial charge in [-0.2, -0.15) is 0 Å². The Kier molecular flexibility index (Phi) is 3.67. The molecule has 4 nitrogen and oxygen atoms in total. The molecule has 0 aliphatic carbocycles. The molecule has 0 aliphatic rings. The first kappa shape index (κ1) is 14.3. The number of amides is 1.